The molecule has 0 saturated carbocycles. The van der Waals surface area contributed by atoms with E-state index in [0.29, 0.717) is 6.54 Å². The van der Waals surface area contributed by atoms with E-state index >= 15 is 0 Å². The molecule has 1 aromatic rings. The molecule has 0 spiro atoms. The molecule has 0 aromatic heterocycles. The van der Waals surface area contributed by atoms with Crippen LogP contribution in [-0.2, 0) is 10.2 Å². The molecule has 0 fully saturated rings. The monoisotopic (exact) mass is 263 g/mol. The average Bonchev–Trinajstić information content (AvgIpc) is 2.35. The fraction of sp³-hybridized carbons (Fsp3) is 0.562. The first-order chi connectivity index (χ1) is 8.66. The van der Waals surface area contributed by atoms with E-state index in [2.05, 4.69) is 19.2 Å². The standard InChI is InChI=1S/C16H25NO2/c1-15(2,3)14(18)17-11-16(4,5)12-7-9-13(19-6)10-8-12/h7-10H,11H2,1-6H3,(H,17,18). The number of ether oxygens (including phenoxy) is 1. The van der Waals surface area contributed by atoms with E-state index in [0.717, 1.165) is 5.75 Å². The summed E-state index contributed by atoms with van der Waals surface area (Å²) in [5, 5.41) is 3.02. The van der Waals surface area contributed by atoms with Gasteiger partial charge in [0.1, 0.15) is 5.75 Å². The SMILES string of the molecule is COc1ccc(C(C)(C)CNC(=O)C(C)(C)C)cc1. The van der Waals surface area contributed by atoms with Crippen LogP contribution in [0.3, 0.4) is 0 Å². The smallest absolute Gasteiger partial charge is 0.225 e. The first kappa shape index (κ1) is 15.5. The lowest BCUT2D eigenvalue weighted by atomic mass is 9.84. The minimum absolute atomic E-state index is 0.0779. The molecule has 1 rings (SSSR count). The summed E-state index contributed by atoms with van der Waals surface area (Å²) >= 11 is 0. The Morgan fingerprint density at radius 1 is 1.11 bits per heavy atom. The van der Waals surface area contributed by atoms with Crippen LogP contribution in [0.2, 0.25) is 0 Å². The van der Waals surface area contributed by atoms with Gasteiger partial charge in [-0.15, -0.1) is 0 Å². The maximum absolute atomic E-state index is 11.9. The molecule has 0 aliphatic carbocycles. The second-order valence-electron chi connectivity index (χ2n) is 6.55. The molecule has 0 heterocycles. The van der Waals surface area contributed by atoms with Crippen LogP contribution in [-0.4, -0.2) is 19.6 Å². The van der Waals surface area contributed by atoms with Crippen LogP contribution in [0.1, 0.15) is 40.2 Å². The van der Waals surface area contributed by atoms with E-state index in [-0.39, 0.29) is 16.7 Å². The average molecular weight is 263 g/mol. The van der Waals surface area contributed by atoms with E-state index in [9.17, 15) is 4.79 Å². The van der Waals surface area contributed by atoms with Gasteiger partial charge in [0.2, 0.25) is 5.91 Å². The zero-order chi connectivity index (χ0) is 14.7. The molecule has 0 aliphatic rings. The van der Waals surface area contributed by atoms with Crippen molar-refractivity contribution in [1.29, 1.82) is 0 Å². The summed E-state index contributed by atoms with van der Waals surface area (Å²) in [5.74, 6) is 0.923. The molecule has 0 bridgehead atoms. The highest BCUT2D eigenvalue weighted by molar-refractivity contribution is 5.81. The Morgan fingerprint density at radius 3 is 2.05 bits per heavy atom. The van der Waals surface area contributed by atoms with Crippen molar-refractivity contribution >= 4 is 5.91 Å². The second kappa shape index (κ2) is 5.64. The van der Waals surface area contributed by atoms with Crippen molar-refractivity contribution in [2.45, 2.75) is 40.0 Å². The number of rotatable bonds is 4. The Hall–Kier alpha value is -1.51. The van der Waals surface area contributed by atoms with Crippen LogP contribution in [0.4, 0.5) is 0 Å². The maximum atomic E-state index is 11.9. The third-order valence-electron chi connectivity index (χ3n) is 3.24. The van der Waals surface area contributed by atoms with Gasteiger partial charge in [-0.2, -0.15) is 0 Å². The van der Waals surface area contributed by atoms with Gasteiger partial charge >= 0.3 is 0 Å². The zero-order valence-electron chi connectivity index (χ0n) is 12.8. The van der Waals surface area contributed by atoms with Crippen molar-refractivity contribution in [2.24, 2.45) is 5.41 Å². The Kier molecular flexibility index (Phi) is 4.61. The highest BCUT2D eigenvalue weighted by Crippen LogP contribution is 2.25. The van der Waals surface area contributed by atoms with Gasteiger partial charge < -0.3 is 10.1 Å². The normalized spacial score (nSPS) is 12.1. The number of carbonyl (C=O) groups excluding carboxylic acids is 1. The van der Waals surface area contributed by atoms with Crippen molar-refractivity contribution in [1.82, 2.24) is 5.32 Å². The van der Waals surface area contributed by atoms with Gasteiger partial charge in [-0.3, -0.25) is 4.79 Å². The lowest BCUT2D eigenvalue weighted by molar-refractivity contribution is -0.128. The van der Waals surface area contributed by atoms with Gasteiger partial charge in [0.15, 0.2) is 0 Å². The molecule has 0 atom stereocenters. The molecule has 0 unspecified atom stereocenters. The predicted molar refractivity (Wildman–Crippen MR) is 78.5 cm³/mol. The number of benzene rings is 1. The quantitative estimate of drug-likeness (QED) is 0.906. The van der Waals surface area contributed by atoms with Crippen LogP contribution in [0.15, 0.2) is 24.3 Å². The predicted octanol–water partition coefficient (Wildman–Crippen LogP) is 3.14. The summed E-state index contributed by atoms with van der Waals surface area (Å²) in [7, 11) is 1.66. The van der Waals surface area contributed by atoms with Crippen LogP contribution in [0.25, 0.3) is 0 Å². The molecule has 1 N–H and O–H groups in total. The zero-order valence-corrected chi connectivity index (χ0v) is 12.8. The number of hydrogen-bond acceptors (Lipinski definition) is 2. The third kappa shape index (κ3) is 4.27. The van der Waals surface area contributed by atoms with E-state index < -0.39 is 0 Å². The number of methoxy groups -OCH3 is 1. The lowest BCUT2D eigenvalue weighted by Gasteiger charge is -2.28. The Labute approximate surface area is 116 Å². The summed E-state index contributed by atoms with van der Waals surface area (Å²) in [6.45, 7) is 10.6. The number of hydrogen-bond donors (Lipinski definition) is 1. The van der Waals surface area contributed by atoms with Gasteiger partial charge in [-0.25, -0.2) is 0 Å². The molecule has 106 valence electrons. The summed E-state index contributed by atoms with van der Waals surface area (Å²) in [5.41, 5.74) is 0.728. The molecule has 1 aromatic carbocycles. The highest BCUT2D eigenvalue weighted by Gasteiger charge is 2.25. The van der Waals surface area contributed by atoms with Crippen LogP contribution in [0.5, 0.6) is 5.75 Å². The van der Waals surface area contributed by atoms with Crippen molar-refractivity contribution in [3.63, 3.8) is 0 Å². The number of amides is 1. The summed E-state index contributed by atoms with van der Waals surface area (Å²) in [4.78, 5) is 11.9. The summed E-state index contributed by atoms with van der Waals surface area (Å²) in [6, 6.07) is 7.98. The molecule has 3 nitrogen and oxygen atoms in total. The Morgan fingerprint density at radius 2 is 1.63 bits per heavy atom. The van der Waals surface area contributed by atoms with E-state index in [1.165, 1.54) is 5.56 Å². The van der Waals surface area contributed by atoms with Gasteiger partial charge in [0, 0.05) is 17.4 Å². The van der Waals surface area contributed by atoms with Crippen LogP contribution >= 0.6 is 0 Å². The molecule has 1 amide bonds. The largest absolute Gasteiger partial charge is 0.497 e. The number of carbonyl (C=O) groups is 1. The van der Waals surface area contributed by atoms with Crippen molar-refractivity contribution < 1.29 is 9.53 Å². The number of nitrogens with one attached hydrogen (secondary N) is 1. The minimum Gasteiger partial charge on any atom is -0.497 e. The van der Waals surface area contributed by atoms with Crippen LogP contribution in [0, 0.1) is 5.41 Å². The van der Waals surface area contributed by atoms with Crippen molar-refractivity contribution in [2.75, 3.05) is 13.7 Å². The topological polar surface area (TPSA) is 38.3 Å². The van der Waals surface area contributed by atoms with Gasteiger partial charge in [-0.05, 0) is 17.7 Å². The summed E-state index contributed by atoms with van der Waals surface area (Å²) in [6.07, 6.45) is 0. The minimum atomic E-state index is -0.351. The van der Waals surface area contributed by atoms with Crippen molar-refractivity contribution in [3.8, 4) is 5.75 Å². The highest BCUT2D eigenvalue weighted by atomic mass is 16.5. The fourth-order valence-electron chi connectivity index (χ4n) is 1.71. The molecular weight excluding hydrogens is 238 g/mol. The fourth-order valence-corrected chi connectivity index (χ4v) is 1.71. The first-order valence-corrected chi connectivity index (χ1v) is 6.59. The molecular formula is C16H25NO2. The summed E-state index contributed by atoms with van der Waals surface area (Å²) < 4.78 is 5.15. The second-order valence-corrected chi connectivity index (χ2v) is 6.55. The Balaban J connectivity index is 2.72. The van der Waals surface area contributed by atoms with Gasteiger partial charge in [0.25, 0.3) is 0 Å². The third-order valence-corrected chi connectivity index (χ3v) is 3.24. The molecule has 19 heavy (non-hydrogen) atoms. The van der Waals surface area contributed by atoms with E-state index in [4.69, 9.17) is 4.74 Å². The molecule has 0 saturated heterocycles. The Bertz CT molecular complexity index is 427. The van der Waals surface area contributed by atoms with E-state index in [1.807, 2.05) is 45.0 Å². The molecule has 0 radical (unpaired) electrons. The van der Waals surface area contributed by atoms with Crippen LogP contribution < -0.4 is 10.1 Å². The van der Waals surface area contributed by atoms with E-state index in [1.54, 1.807) is 7.11 Å². The molecule has 3 heteroatoms. The molecule has 0 aliphatic heterocycles. The lowest BCUT2D eigenvalue weighted by Crippen LogP contribution is -2.41. The van der Waals surface area contributed by atoms with Gasteiger partial charge in [0.05, 0.1) is 7.11 Å². The van der Waals surface area contributed by atoms with Gasteiger partial charge in [-0.1, -0.05) is 46.8 Å². The maximum Gasteiger partial charge on any atom is 0.225 e. The first-order valence-electron chi connectivity index (χ1n) is 6.59. The van der Waals surface area contributed by atoms with Crippen molar-refractivity contribution in [3.05, 3.63) is 29.8 Å².